The first-order valence-corrected chi connectivity index (χ1v) is 13.8. The van der Waals surface area contributed by atoms with Crippen LogP contribution in [0, 0.1) is 0 Å². The highest BCUT2D eigenvalue weighted by atomic mass is 35.5. The van der Waals surface area contributed by atoms with Crippen LogP contribution < -0.4 is 10.9 Å². The zero-order valence-corrected chi connectivity index (χ0v) is 23.4. The molecule has 3 aromatic carbocycles. The van der Waals surface area contributed by atoms with E-state index in [-0.39, 0.29) is 22.8 Å². The molecule has 0 aliphatic heterocycles. The molecule has 0 atom stereocenters. The lowest BCUT2D eigenvalue weighted by Crippen LogP contribution is -2.21. The molecule has 0 bridgehead atoms. The largest absolute Gasteiger partial charge is 0.506 e. The lowest BCUT2D eigenvalue weighted by molar-refractivity contribution is 0.0693. The summed E-state index contributed by atoms with van der Waals surface area (Å²) in [5, 5.41) is 22.6. The molecule has 210 valence electrons. The van der Waals surface area contributed by atoms with Gasteiger partial charge in [-0.1, -0.05) is 48.0 Å². The molecule has 9 nitrogen and oxygen atoms in total. The van der Waals surface area contributed by atoms with Crippen molar-refractivity contribution >= 4 is 45.6 Å². The van der Waals surface area contributed by atoms with Crippen LogP contribution in [0.3, 0.4) is 0 Å². The summed E-state index contributed by atoms with van der Waals surface area (Å²) in [4.78, 5) is 39.6. The Hall–Kier alpha value is -5.19. The van der Waals surface area contributed by atoms with Gasteiger partial charge in [0.1, 0.15) is 11.3 Å². The Bertz CT molecular complexity index is 1950. The van der Waals surface area contributed by atoms with Crippen LogP contribution in [-0.4, -0.2) is 36.2 Å². The summed E-state index contributed by atoms with van der Waals surface area (Å²) in [5.41, 5.74) is 2.28. The number of benzene rings is 3. The lowest BCUT2D eigenvalue weighted by atomic mass is 10.1. The molecule has 0 spiro atoms. The number of pyridine rings is 1. The maximum Gasteiger partial charge on any atom is 0.339 e. The van der Waals surface area contributed by atoms with Crippen molar-refractivity contribution in [2.75, 3.05) is 0 Å². The van der Waals surface area contributed by atoms with Crippen LogP contribution in [0.25, 0.3) is 22.1 Å². The Morgan fingerprint density at radius 1 is 0.905 bits per heavy atom. The van der Waals surface area contributed by atoms with Gasteiger partial charge in [-0.2, -0.15) is 0 Å². The highest BCUT2D eigenvalue weighted by Gasteiger charge is 2.12. The van der Waals surface area contributed by atoms with Gasteiger partial charge in [-0.3, -0.25) is 14.2 Å². The van der Waals surface area contributed by atoms with E-state index < -0.39 is 5.97 Å². The maximum atomic E-state index is 12.1. The topological polar surface area (TPSA) is 126 Å². The molecule has 0 radical (unpaired) electrons. The van der Waals surface area contributed by atoms with E-state index in [4.69, 9.17) is 16.7 Å². The number of carboxylic acid groups (broad SMARTS) is 1. The molecule has 1 amide bonds. The van der Waals surface area contributed by atoms with Crippen LogP contribution in [0.5, 0.6) is 5.75 Å². The first-order chi connectivity index (χ1) is 20.3. The SMILES string of the molecule is O=C(NCc1cn(-c2ccc(-n3ccccc3=O)cc2)cn1)c1ccc(Cl)s1.O=C(O)c1ccc2ccccc2c1O. The number of aromatic hydroxyl groups is 1. The minimum atomic E-state index is -1.12. The quantitative estimate of drug-likeness (QED) is 0.219. The summed E-state index contributed by atoms with van der Waals surface area (Å²) in [5.74, 6) is -1.46. The normalized spacial score (nSPS) is 10.6. The van der Waals surface area contributed by atoms with Crippen molar-refractivity contribution < 1.29 is 19.8 Å². The Balaban J connectivity index is 0.000000211. The Morgan fingerprint density at radius 3 is 2.36 bits per heavy atom. The second-order valence-electron chi connectivity index (χ2n) is 8.97. The van der Waals surface area contributed by atoms with Crippen LogP contribution in [-0.2, 0) is 6.54 Å². The van der Waals surface area contributed by atoms with Gasteiger partial charge in [0.2, 0.25) is 0 Å². The molecular weight excluding hydrogens is 576 g/mol. The number of phenols is 1. The van der Waals surface area contributed by atoms with Crippen molar-refractivity contribution in [1.82, 2.24) is 19.4 Å². The van der Waals surface area contributed by atoms with Gasteiger partial charge in [-0.25, -0.2) is 9.78 Å². The number of imidazole rings is 1. The molecule has 6 rings (SSSR count). The first-order valence-electron chi connectivity index (χ1n) is 12.6. The minimum absolute atomic E-state index is 0.0660. The number of thiophene rings is 1. The van der Waals surface area contributed by atoms with Crippen molar-refractivity contribution in [3.05, 3.63) is 141 Å². The van der Waals surface area contributed by atoms with Crippen molar-refractivity contribution in [3.63, 3.8) is 0 Å². The van der Waals surface area contributed by atoms with Crippen molar-refractivity contribution in [1.29, 1.82) is 0 Å². The Kier molecular flexibility index (Phi) is 8.47. The standard InChI is InChI=1S/C20H15ClN4O2S.C11H8O3/c21-18-9-8-17(28-18)20(27)22-11-14-12-24(13-23-14)15-4-6-16(7-5-15)25-10-2-1-3-19(25)26;12-10-8-4-2-1-3-7(8)5-6-9(10)11(13)14/h1-10,12-13H,11H2,(H,22,27);1-6,12H,(H,13,14). The number of carbonyl (C=O) groups is 2. The highest BCUT2D eigenvalue weighted by molar-refractivity contribution is 7.18. The third kappa shape index (κ3) is 6.41. The number of nitrogens with one attached hydrogen (secondary N) is 1. The van der Waals surface area contributed by atoms with Crippen LogP contribution in [0.2, 0.25) is 4.34 Å². The third-order valence-corrected chi connectivity index (χ3v) is 7.47. The van der Waals surface area contributed by atoms with Crippen LogP contribution >= 0.6 is 22.9 Å². The number of aromatic carboxylic acids is 1. The zero-order chi connectivity index (χ0) is 29.6. The first kappa shape index (κ1) is 28.3. The summed E-state index contributed by atoms with van der Waals surface area (Å²) >= 11 is 7.09. The van der Waals surface area contributed by atoms with Crippen LogP contribution in [0.4, 0.5) is 0 Å². The van der Waals surface area contributed by atoms with Gasteiger partial charge in [0.05, 0.1) is 27.8 Å². The number of rotatable bonds is 6. The summed E-state index contributed by atoms with van der Waals surface area (Å²) in [6, 6.07) is 26.2. The van der Waals surface area contributed by atoms with E-state index in [1.165, 1.54) is 23.5 Å². The molecule has 11 heteroatoms. The van der Waals surface area contributed by atoms with E-state index in [0.717, 1.165) is 22.5 Å². The molecule has 6 aromatic rings. The second kappa shape index (κ2) is 12.5. The third-order valence-electron chi connectivity index (χ3n) is 6.24. The second-order valence-corrected chi connectivity index (χ2v) is 10.7. The smallest absolute Gasteiger partial charge is 0.339 e. The van der Waals surface area contributed by atoms with Crippen molar-refractivity contribution in [2.45, 2.75) is 6.54 Å². The predicted octanol–water partition coefficient (Wildman–Crippen LogP) is 5.91. The molecule has 0 aliphatic rings. The Morgan fingerprint density at radius 2 is 1.64 bits per heavy atom. The molecule has 0 unspecified atom stereocenters. The number of fused-ring (bicyclic) bond motifs is 1. The predicted molar refractivity (Wildman–Crippen MR) is 162 cm³/mol. The fraction of sp³-hybridized carbons (Fsp3) is 0.0323. The van der Waals surface area contributed by atoms with Crippen molar-refractivity contribution in [3.8, 4) is 17.1 Å². The Labute approximate surface area is 248 Å². The van der Waals surface area contributed by atoms with E-state index in [9.17, 15) is 19.5 Å². The van der Waals surface area contributed by atoms with Gasteiger partial charge < -0.3 is 20.1 Å². The van der Waals surface area contributed by atoms with Gasteiger partial charge in [0.15, 0.2) is 0 Å². The molecule has 0 fully saturated rings. The van der Waals surface area contributed by atoms with Gasteiger partial charge in [-0.15, -0.1) is 11.3 Å². The van der Waals surface area contributed by atoms with Gasteiger partial charge >= 0.3 is 5.97 Å². The molecule has 0 saturated carbocycles. The fourth-order valence-corrected chi connectivity index (χ4v) is 5.10. The van der Waals surface area contributed by atoms with E-state index in [1.807, 2.05) is 53.2 Å². The number of hydrogen-bond acceptors (Lipinski definition) is 6. The van der Waals surface area contributed by atoms with Gasteiger partial charge in [0.25, 0.3) is 11.5 Å². The minimum Gasteiger partial charge on any atom is -0.506 e. The van der Waals surface area contributed by atoms with E-state index in [0.29, 0.717) is 21.1 Å². The lowest BCUT2D eigenvalue weighted by Gasteiger charge is -2.07. The molecule has 0 aliphatic carbocycles. The van der Waals surface area contributed by atoms with Gasteiger partial charge in [0, 0.05) is 35.2 Å². The zero-order valence-electron chi connectivity index (χ0n) is 21.8. The highest BCUT2D eigenvalue weighted by Crippen LogP contribution is 2.28. The van der Waals surface area contributed by atoms with E-state index >= 15 is 0 Å². The van der Waals surface area contributed by atoms with Crippen LogP contribution in [0.1, 0.15) is 25.7 Å². The summed E-state index contributed by atoms with van der Waals surface area (Å²) in [6.07, 6.45) is 5.27. The van der Waals surface area contributed by atoms with Gasteiger partial charge in [-0.05, 0) is 53.9 Å². The average molecular weight is 599 g/mol. The van der Waals surface area contributed by atoms with Crippen LogP contribution in [0.15, 0.2) is 115 Å². The number of carbonyl (C=O) groups excluding carboxylic acids is 1. The molecule has 3 N–H and O–H groups in total. The molecule has 42 heavy (non-hydrogen) atoms. The maximum absolute atomic E-state index is 12.1. The monoisotopic (exact) mass is 598 g/mol. The van der Waals surface area contributed by atoms with E-state index in [1.54, 1.807) is 53.5 Å². The number of amides is 1. The summed E-state index contributed by atoms with van der Waals surface area (Å²) in [7, 11) is 0. The molecule has 3 aromatic heterocycles. The number of halogens is 1. The molecule has 0 saturated heterocycles. The molecule has 3 heterocycles. The van der Waals surface area contributed by atoms with E-state index in [2.05, 4.69) is 10.3 Å². The average Bonchev–Trinajstić information content (AvgIpc) is 3.66. The van der Waals surface area contributed by atoms with Crippen molar-refractivity contribution in [2.24, 2.45) is 0 Å². The number of carboxylic acids is 1. The molecular formula is C31H23ClN4O5S. The fourth-order valence-electron chi connectivity index (χ4n) is 4.14. The summed E-state index contributed by atoms with van der Waals surface area (Å²) < 4.78 is 4.02. The number of nitrogens with zero attached hydrogens (tertiary/aromatic N) is 3. The summed E-state index contributed by atoms with van der Waals surface area (Å²) in [6.45, 7) is 0.318. The number of aromatic nitrogens is 3. The number of hydrogen-bond donors (Lipinski definition) is 3.